The van der Waals surface area contributed by atoms with Crippen molar-refractivity contribution in [1.29, 1.82) is 0 Å². The summed E-state index contributed by atoms with van der Waals surface area (Å²) in [6, 6.07) is 32.3. The fourth-order valence-corrected chi connectivity index (χ4v) is 12.2. The molecule has 10 atom stereocenters. The number of esters is 8. The number of fused-ring (bicyclic) bond motifs is 8. The number of rotatable bonds is 20. The molecular formula is C72H64N6O24. The Kier molecular flexibility index (Phi) is 21.1. The lowest BCUT2D eigenvalue weighted by Gasteiger charge is -2.43. The SMILES string of the molecule is CC(=O)OC[C@H]1O[C@@H](Oc2ccc(-c3c4nc(c(-c5ccc([N+](=O)[O-])cc5)c5ccc([nH]5)c(-c5ccc([N+](=O)[O-])cc5)c5nc(c(-c6ccc(O[C@@H]7O[C@H](COC(C)=O)[C@@H](OC(C)=O)[C@H](OC(C)=O)[C@H]7OC(C)=O)cc6)c6ccc3[nH]6)C=C5)C=C4)cc2)[C@H](OC(C)=O)[C@@H](OC(C)=O)[C@@H]1OC(C)=O. The summed E-state index contributed by atoms with van der Waals surface area (Å²) in [7, 11) is 0. The number of nitrogens with one attached hydrogen (secondary N) is 2. The van der Waals surface area contributed by atoms with Crippen LogP contribution in [0.5, 0.6) is 11.5 Å². The van der Waals surface area contributed by atoms with E-state index in [0.29, 0.717) is 89.4 Å². The Balaban J connectivity index is 1.10. The normalized spacial score (nSPS) is 20.4. The van der Waals surface area contributed by atoms with Gasteiger partial charge in [-0.3, -0.25) is 58.6 Å². The Bertz CT molecular complexity index is 4430. The van der Waals surface area contributed by atoms with Crippen LogP contribution in [-0.2, 0) is 85.7 Å². The molecule has 4 aromatic carbocycles. The maximum Gasteiger partial charge on any atom is 0.303 e. The highest BCUT2D eigenvalue weighted by atomic mass is 16.8. The van der Waals surface area contributed by atoms with Crippen LogP contribution in [0.25, 0.3) is 90.9 Å². The Hall–Kier alpha value is -12.4. The van der Waals surface area contributed by atoms with E-state index in [4.69, 9.17) is 66.8 Å². The average molecular weight is 1400 g/mol. The van der Waals surface area contributed by atoms with Crippen molar-refractivity contribution in [3.8, 4) is 56.0 Å². The van der Waals surface area contributed by atoms with Crippen LogP contribution in [-0.4, -0.2) is 152 Å². The van der Waals surface area contributed by atoms with Gasteiger partial charge in [0.15, 0.2) is 24.4 Å². The van der Waals surface area contributed by atoms with Crippen molar-refractivity contribution in [3.05, 3.63) is 164 Å². The number of hydrogen-bond acceptors (Lipinski definition) is 26. The number of aromatic nitrogens is 4. The van der Waals surface area contributed by atoms with Gasteiger partial charge < -0.3 is 66.8 Å². The topological polar surface area (TPSA) is 391 Å². The standard InChI is InChI=1S/C72H64N6O24/c1-35(79)91-33-59-65(93-37(3)81)67(95-39(5)83)69(97-41(7)85)71(101-59)99-49-21-13-45(14-22-49)63-55-29-27-53(74-55)61(43-9-17-47(18-10-43)77(87)88)51-25-26-52(73-51)62(44-11-19-48(20-12-44)78(89)90)54-28-30-56(75-54)64(58-32-31-57(63)76-58)46-15-23-50(24-16-46)100-72-70(98-42(8)86)68(96-40(6)84)66(94-38(4)82)60(102-72)34-92-36(2)80/h9-32,59-60,65-73,76H,33-34H2,1-8H3/t59-,60-,65-,66-,67+,68+,69-,70-,71-,72-/m1/s1. The van der Waals surface area contributed by atoms with E-state index in [2.05, 4.69) is 9.97 Å². The number of nitro groups is 2. The van der Waals surface area contributed by atoms with Gasteiger partial charge in [0.25, 0.3) is 11.4 Å². The van der Waals surface area contributed by atoms with Crippen LogP contribution in [0.15, 0.2) is 121 Å². The number of benzene rings is 4. The smallest absolute Gasteiger partial charge is 0.303 e. The van der Waals surface area contributed by atoms with Crippen molar-refractivity contribution in [2.24, 2.45) is 0 Å². The summed E-state index contributed by atoms with van der Waals surface area (Å²) in [5.74, 6) is -6.18. The zero-order chi connectivity index (χ0) is 72.8. The molecule has 30 nitrogen and oxygen atoms in total. The molecule has 102 heavy (non-hydrogen) atoms. The molecule has 0 amide bonds. The van der Waals surface area contributed by atoms with E-state index < -0.39 is 132 Å². The Morgan fingerprint density at radius 2 is 0.618 bits per heavy atom. The highest BCUT2D eigenvalue weighted by molar-refractivity contribution is 6.00. The molecule has 3 aromatic heterocycles. The first kappa shape index (κ1) is 70.9. The highest BCUT2D eigenvalue weighted by Crippen LogP contribution is 2.41. The molecule has 0 aliphatic carbocycles. The molecule has 526 valence electrons. The summed E-state index contributed by atoms with van der Waals surface area (Å²) in [4.78, 5) is 141. The van der Waals surface area contributed by atoms with Crippen LogP contribution >= 0.6 is 0 Å². The van der Waals surface area contributed by atoms with E-state index in [0.717, 1.165) is 55.4 Å². The molecule has 2 N–H and O–H groups in total. The van der Waals surface area contributed by atoms with Crippen LogP contribution in [0.1, 0.15) is 78.2 Å². The van der Waals surface area contributed by atoms with Gasteiger partial charge in [0.05, 0.1) is 32.6 Å². The number of carbonyl (C=O) groups excluding carboxylic acids is 8. The molecule has 4 aliphatic rings. The molecule has 30 heteroatoms. The molecule has 11 rings (SSSR count). The Morgan fingerprint density at radius 1 is 0.363 bits per heavy atom. The van der Waals surface area contributed by atoms with Gasteiger partial charge in [-0.15, -0.1) is 0 Å². The maximum atomic E-state index is 12.7. The molecule has 0 spiro atoms. The molecule has 7 aromatic rings. The second-order valence-electron chi connectivity index (χ2n) is 23.5. The van der Waals surface area contributed by atoms with Gasteiger partial charge in [0.2, 0.25) is 24.8 Å². The summed E-state index contributed by atoms with van der Waals surface area (Å²) in [5.41, 5.74) is 7.48. The van der Waals surface area contributed by atoms with Gasteiger partial charge in [0.1, 0.15) is 36.9 Å². The van der Waals surface area contributed by atoms with E-state index in [1.807, 2.05) is 24.3 Å². The number of hydrogen-bond donors (Lipinski definition) is 2. The summed E-state index contributed by atoms with van der Waals surface area (Å²) in [6.45, 7) is 7.89. The van der Waals surface area contributed by atoms with E-state index in [1.54, 1.807) is 97.1 Å². The third-order valence-corrected chi connectivity index (χ3v) is 16.2. The van der Waals surface area contributed by atoms with Crippen molar-refractivity contribution in [2.45, 2.75) is 117 Å². The predicted octanol–water partition coefficient (Wildman–Crippen LogP) is 10.1. The summed E-state index contributed by atoms with van der Waals surface area (Å²) >= 11 is 0. The predicted molar refractivity (Wildman–Crippen MR) is 359 cm³/mol. The number of nitrogens with zero attached hydrogens (tertiary/aromatic N) is 4. The van der Waals surface area contributed by atoms with Crippen LogP contribution in [0.2, 0.25) is 0 Å². The van der Waals surface area contributed by atoms with Gasteiger partial charge in [-0.05, 0) is 119 Å². The maximum absolute atomic E-state index is 12.7. The second-order valence-corrected chi connectivity index (χ2v) is 23.5. The first-order valence-electron chi connectivity index (χ1n) is 31.6. The molecule has 2 fully saturated rings. The van der Waals surface area contributed by atoms with Gasteiger partial charge >= 0.3 is 47.8 Å². The quantitative estimate of drug-likeness (QED) is 0.0310. The number of carbonyl (C=O) groups is 8. The van der Waals surface area contributed by atoms with Gasteiger partial charge in [-0.25, -0.2) is 9.97 Å². The molecule has 0 unspecified atom stereocenters. The number of ether oxygens (including phenoxy) is 12. The van der Waals surface area contributed by atoms with Gasteiger partial charge in [0, 0.05) is 124 Å². The van der Waals surface area contributed by atoms with E-state index in [-0.39, 0.29) is 22.9 Å². The Labute approximate surface area is 578 Å². The van der Waals surface area contributed by atoms with E-state index >= 15 is 0 Å². The fraction of sp³-hybridized carbons (Fsp3) is 0.278. The van der Waals surface area contributed by atoms with Crippen LogP contribution in [0.3, 0.4) is 0 Å². The molecule has 7 heterocycles. The Morgan fingerprint density at radius 3 is 0.873 bits per heavy atom. The number of H-pyrrole nitrogens is 2. The lowest BCUT2D eigenvalue weighted by Crippen LogP contribution is -2.63. The van der Waals surface area contributed by atoms with Crippen molar-refractivity contribution in [3.63, 3.8) is 0 Å². The van der Waals surface area contributed by atoms with Crippen LogP contribution < -0.4 is 9.47 Å². The zero-order valence-electron chi connectivity index (χ0n) is 55.6. The number of nitro benzene ring substituents is 2. The monoisotopic (exact) mass is 1400 g/mol. The second kappa shape index (κ2) is 30.4. The minimum absolute atomic E-state index is 0.119. The molecule has 0 radical (unpaired) electrons. The lowest BCUT2D eigenvalue weighted by atomic mass is 9.98. The number of non-ortho nitro benzene ring substituents is 2. The summed E-state index contributed by atoms with van der Waals surface area (Å²) in [5, 5.41) is 24.0. The third kappa shape index (κ3) is 16.1. The summed E-state index contributed by atoms with van der Waals surface area (Å²) < 4.78 is 69.5. The minimum atomic E-state index is -1.58. The van der Waals surface area contributed by atoms with Crippen molar-refractivity contribution < 1.29 is 105 Å². The fourth-order valence-electron chi connectivity index (χ4n) is 12.2. The molecule has 0 saturated carbocycles. The molecule has 8 bridgehead atoms. The van der Waals surface area contributed by atoms with E-state index in [1.165, 1.54) is 24.3 Å². The number of aromatic amines is 2. The van der Waals surface area contributed by atoms with Crippen LogP contribution in [0, 0.1) is 20.2 Å². The average Bonchev–Trinajstić information content (AvgIpc) is 0.852. The zero-order valence-corrected chi connectivity index (χ0v) is 55.6. The van der Waals surface area contributed by atoms with Crippen molar-refractivity contribution in [1.82, 2.24) is 19.9 Å². The molecule has 4 aliphatic heterocycles. The summed E-state index contributed by atoms with van der Waals surface area (Å²) in [6.07, 6.45) is -7.68. The van der Waals surface area contributed by atoms with E-state index in [9.17, 15) is 58.6 Å². The lowest BCUT2D eigenvalue weighted by molar-refractivity contribution is -0.385. The molecular weight excluding hydrogens is 1330 g/mol. The van der Waals surface area contributed by atoms with Gasteiger partial charge in [-0.2, -0.15) is 0 Å². The van der Waals surface area contributed by atoms with Crippen LogP contribution in [0.4, 0.5) is 11.4 Å². The largest absolute Gasteiger partial charge is 0.463 e. The third-order valence-electron chi connectivity index (χ3n) is 16.2. The highest BCUT2D eigenvalue weighted by Gasteiger charge is 2.55. The van der Waals surface area contributed by atoms with Gasteiger partial charge in [-0.1, -0.05) is 24.3 Å². The minimum Gasteiger partial charge on any atom is -0.463 e. The first-order chi connectivity index (χ1) is 48.7. The molecule has 2 saturated heterocycles. The first-order valence-corrected chi connectivity index (χ1v) is 31.6. The van der Waals surface area contributed by atoms with Crippen molar-refractivity contribution in [2.75, 3.05) is 13.2 Å². The van der Waals surface area contributed by atoms with Crippen molar-refractivity contribution >= 4 is 106 Å².